The summed E-state index contributed by atoms with van der Waals surface area (Å²) in [5.74, 6) is -1.07. The first-order valence-electron chi connectivity index (χ1n) is 6.27. The maximum absolute atomic E-state index is 12.0. The van der Waals surface area contributed by atoms with Crippen molar-refractivity contribution in [2.24, 2.45) is 0 Å². The van der Waals surface area contributed by atoms with Gasteiger partial charge in [-0.2, -0.15) is 0 Å². The predicted octanol–water partition coefficient (Wildman–Crippen LogP) is 3.11. The number of benzene rings is 1. The minimum absolute atomic E-state index is 0.0927. The Morgan fingerprint density at radius 2 is 1.90 bits per heavy atom. The fraction of sp³-hybridized carbons (Fsp3) is 0.133. The van der Waals surface area contributed by atoms with E-state index in [-0.39, 0.29) is 12.3 Å². The van der Waals surface area contributed by atoms with Crippen molar-refractivity contribution in [2.45, 2.75) is 12.8 Å². The zero-order valence-electron chi connectivity index (χ0n) is 11.0. The number of pyridine rings is 1. The molecule has 1 aromatic heterocycles. The molecule has 0 aliphatic heterocycles. The third-order valence-electron chi connectivity index (χ3n) is 2.81. The minimum Gasteiger partial charge on any atom is -0.481 e. The van der Waals surface area contributed by atoms with E-state index < -0.39 is 5.97 Å². The van der Waals surface area contributed by atoms with Gasteiger partial charge in [-0.3, -0.25) is 14.6 Å². The molecule has 0 saturated heterocycles. The second kappa shape index (κ2) is 6.99. The summed E-state index contributed by atoms with van der Waals surface area (Å²) in [6.07, 6.45) is 3.66. The second-order valence-corrected chi connectivity index (χ2v) is 5.35. The van der Waals surface area contributed by atoms with E-state index in [9.17, 15) is 9.59 Å². The number of hydrogen-bond acceptors (Lipinski definition) is 3. The van der Waals surface area contributed by atoms with Gasteiger partial charge in [0.15, 0.2) is 0 Å². The summed E-state index contributed by atoms with van der Waals surface area (Å²) >= 11 is 3.26. The van der Waals surface area contributed by atoms with E-state index in [1.807, 2.05) is 0 Å². The highest BCUT2D eigenvalue weighted by Crippen LogP contribution is 2.14. The van der Waals surface area contributed by atoms with Crippen LogP contribution in [-0.2, 0) is 11.2 Å². The molecule has 0 aliphatic rings. The zero-order valence-corrected chi connectivity index (χ0v) is 12.6. The van der Waals surface area contributed by atoms with Crippen LogP contribution in [0.2, 0.25) is 0 Å². The van der Waals surface area contributed by atoms with Gasteiger partial charge in [-0.05, 0) is 46.1 Å². The normalized spacial score (nSPS) is 10.1. The average molecular weight is 349 g/mol. The fourth-order valence-corrected chi connectivity index (χ4v) is 2.11. The van der Waals surface area contributed by atoms with E-state index >= 15 is 0 Å². The molecule has 0 bridgehead atoms. The van der Waals surface area contributed by atoms with Gasteiger partial charge in [0.2, 0.25) is 0 Å². The number of carbonyl (C=O) groups excluding carboxylic acids is 1. The van der Waals surface area contributed by atoms with Crippen molar-refractivity contribution in [1.29, 1.82) is 0 Å². The number of nitrogens with zero attached hydrogens (tertiary/aromatic N) is 1. The van der Waals surface area contributed by atoms with Gasteiger partial charge < -0.3 is 10.4 Å². The number of halogens is 1. The first-order valence-corrected chi connectivity index (χ1v) is 7.06. The maximum Gasteiger partial charge on any atom is 0.303 e. The van der Waals surface area contributed by atoms with Gasteiger partial charge >= 0.3 is 5.97 Å². The topological polar surface area (TPSA) is 79.3 Å². The number of rotatable bonds is 5. The number of carboxylic acid groups (broad SMARTS) is 1. The Hall–Kier alpha value is -2.21. The Morgan fingerprint density at radius 1 is 1.19 bits per heavy atom. The number of aliphatic carboxylic acids is 1. The number of carbonyl (C=O) groups is 2. The molecule has 1 aromatic carbocycles. The van der Waals surface area contributed by atoms with Gasteiger partial charge in [-0.15, -0.1) is 0 Å². The average Bonchev–Trinajstić information content (AvgIpc) is 2.46. The van der Waals surface area contributed by atoms with E-state index in [4.69, 9.17) is 5.11 Å². The lowest BCUT2D eigenvalue weighted by Gasteiger charge is -2.06. The van der Waals surface area contributed by atoms with Crippen LogP contribution in [-0.4, -0.2) is 22.0 Å². The Labute approximate surface area is 130 Å². The molecule has 2 N–H and O–H groups in total. The largest absolute Gasteiger partial charge is 0.481 e. The van der Waals surface area contributed by atoms with Crippen molar-refractivity contribution in [3.63, 3.8) is 0 Å². The highest BCUT2D eigenvalue weighted by molar-refractivity contribution is 9.10. The van der Waals surface area contributed by atoms with E-state index in [0.717, 1.165) is 10.0 Å². The number of aryl methyl sites for hydroxylation is 1. The third-order valence-corrected chi connectivity index (χ3v) is 3.24. The molecule has 0 radical (unpaired) electrons. The molecule has 0 fully saturated rings. The van der Waals surface area contributed by atoms with E-state index in [1.54, 1.807) is 36.5 Å². The summed E-state index contributed by atoms with van der Waals surface area (Å²) in [5, 5.41) is 11.4. The SMILES string of the molecule is O=C(O)CCc1ccc(NC(=O)c2cncc(Br)c2)cc1. The monoisotopic (exact) mass is 348 g/mol. The molecule has 108 valence electrons. The molecule has 0 atom stereocenters. The van der Waals surface area contributed by atoms with Crippen molar-refractivity contribution >= 4 is 33.5 Å². The van der Waals surface area contributed by atoms with Crippen LogP contribution in [0.15, 0.2) is 47.2 Å². The summed E-state index contributed by atoms with van der Waals surface area (Å²) in [4.78, 5) is 26.5. The molecule has 1 amide bonds. The van der Waals surface area contributed by atoms with Crippen LogP contribution in [0.5, 0.6) is 0 Å². The number of carboxylic acids is 1. The minimum atomic E-state index is -0.825. The van der Waals surface area contributed by atoms with Crippen molar-refractivity contribution < 1.29 is 14.7 Å². The fourth-order valence-electron chi connectivity index (χ4n) is 1.75. The van der Waals surface area contributed by atoms with Crippen molar-refractivity contribution in [3.05, 3.63) is 58.3 Å². The molecule has 0 aliphatic carbocycles. The summed E-state index contributed by atoms with van der Waals surface area (Å²) in [5.41, 5.74) is 2.03. The van der Waals surface area contributed by atoms with Crippen LogP contribution in [0.1, 0.15) is 22.3 Å². The van der Waals surface area contributed by atoms with Crippen LogP contribution in [0.25, 0.3) is 0 Å². The summed E-state index contributed by atoms with van der Waals surface area (Å²) < 4.78 is 0.735. The summed E-state index contributed by atoms with van der Waals surface area (Å²) in [6, 6.07) is 8.79. The maximum atomic E-state index is 12.0. The van der Waals surface area contributed by atoms with Crippen LogP contribution in [0.3, 0.4) is 0 Å². The first-order chi connectivity index (χ1) is 10.0. The second-order valence-electron chi connectivity index (χ2n) is 4.44. The van der Waals surface area contributed by atoms with Gasteiger partial charge in [-0.1, -0.05) is 12.1 Å². The van der Waals surface area contributed by atoms with Gasteiger partial charge in [0.05, 0.1) is 5.56 Å². The number of nitrogens with one attached hydrogen (secondary N) is 1. The zero-order chi connectivity index (χ0) is 15.2. The van der Waals surface area contributed by atoms with Gasteiger partial charge in [0.1, 0.15) is 0 Å². The molecule has 2 aromatic rings. The van der Waals surface area contributed by atoms with E-state index in [2.05, 4.69) is 26.2 Å². The standard InChI is InChI=1S/C15H13BrN2O3/c16-12-7-11(8-17-9-12)15(21)18-13-4-1-10(2-5-13)3-6-14(19)20/h1-2,4-5,7-9H,3,6H2,(H,18,21)(H,19,20). The number of anilines is 1. The Bertz CT molecular complexity index is 656. The highest BCUT2D eigenvalue weighted by Gasteiger charge is 2.07. The van der Waals surface area contributed by atoms with Crippen LogP contribution in [0, 0.1) is 0 Å². The van der Waals surface area contributed by atoms with Gasteiger partial charge in [0.25, 0.3) is 5.91 Å². The summed E-state index contributed by atoms with van der Waals surface area (Å²) in [6.45, 7) is 0. The highest BCUT2D eigenvalue weighted by atomic mass is 79.9. The predicted molar refractivity (Wildman–Crippen MR) is 82.3 cm³/mol. The Morgan fingerprint density at radius 3 is 2.52 bits per heavy atom. The van der Waals surface area contributed by atoms with Crippen molar-refractivity contribution in [3.8, 4) is 0 Å². The molecule has 0 unspecified atom stereocenters. The lowest BCUT2D eigenvalue weighted by Crippen LogP contribution is -2.12. The van der Waals surface area contributed by atoms with E-state index in [0.29, 0.717) is 17.7 Å². The molecular formula is C15H13BrN2O3. The quantitative estimate of drug-likeness (QED) is 0.869. The van der Waals surface area contributed by atoms with Gasteiger partial charge in [0, 0.05) is 29.0 Å². The Balaban J connectivity index is 2.00. The molecule has 6 heteroatoms. The molecule has 5 nitrogen and oxygen atoms in total. The van der Waals surface area contributed by atoms with Crippen LogP contribution < -0.4 is 5.32 Å². The number of amides is 1. The van der Waals surface area contributed by atoms with Crippen molar-refractivity contribution in [1.82, 2.24) is 4.98 Å². The molecule has 2 rings (SSSR count). The van der Waals surface area contributed by atoms with Gasteiger partial charge in [-0.25, -0.2) is 0 Å². The molecule has 21 heavy (non-hydrogen) atoms. The lowest BCUT2D eigenvalue weighted by atomic mass is 10.1. The molecule has 0 spiro atoms. The molecular weight excluding hydrogens is 336 g/mol. The van der Waals surface area contributed by atoms with E-state index in [1.165, 1.54) is 6.20 Å². The van der Waals surface area contributed by atoms with Crippen LogP contribution in [0.4, 0.5) is 5.69 Å². The summed E-state index contributed by atoms with van der Waals surface area (Å²) in [7, 11) is 0. The number of hydrogen-bond donors (Lipinski definition) is 2. The molecule has 1 heterocycles. The molecule has 0 saturated carbocycles. The third kappa shape index (κ3) is 4.68. The number of aromatic nitrogens is 1. The van der Waals surface area contributed by atoms with Crippen LogP contribution >= 0.6 is 15.9 Å². The van der Waals surface area contributed by atoms with Crippen molar-refractivity contribution in [2.75, 3.05) is 5.32 Å². The first kappa shape index (κ1) is 15.2. The smallest absolute Gasteiger partial charge is 0.303 e. The Kier molecular flexibility index (Phi) is 5.05. The lowest BCUT2D eigenvalue weighted by molar-refractivity contribution is -0.136.